The van der Waals surface area contributed by atoms with Gasteiger partial charge in [-0.05, 0) is 19.1 Å². The molecule has 0 radical (unpaired) electrons. The molecule has 1 saturated heterocycles. The van der Waals surface area contributed by atoms with Gasteiger partial charge >= 0.3 is 5.97 Å². The van der Waals surface area contributed by atoms with E-state index in [4.69, 9.17) is 21.7 Å². The molecule has 0 unspecified atom stereocenters. The summed E-state index contributed by atoms with van der Waals surface area (Å²) >= 11 is 5.08. The Morgan fingerprint density at radius 1 is 1.41 bits per heavy atom. The number of carbonyl (C=O) groups is 2. The zero-order valence-electron chi connectivity index (χ0n) is 9.89. The van der Waals surface area contributed by atoms with Crippen LogP contribution in [0.1, 0.15) is 13.8 Å². The summed E-state index contributed by atoms with van der Waals surface area (Å²) in [5.74, 6) is -0.915. The minimum absolute atomic E-state index is 0.345. The van der Waals surface area contributed by atoms with Gasteiger partial charge in [0.05, 0.1) is 13.2 Å². The number of ether oxygens (including phenoxy) is 2. The predicted octanol–water partition coefficient (Wildman–Crippen LogP) is -0.329. The molecule has 1 aliphatic heterocycles. The van der Waals surface area contributed by atoms with Gasteiger partial charge in [0.25, 0.3) is 5.91 Å². The third kappa shape index (κ3) is 4.66. The third-order valence-electron chi connectivity index (χ3n) is 2.24. The highest BCUT2D eigenvalue weighted by molar-refractivity contribution is 7.80. The number of morpholine rings is 1. The molecule has 0 saturated carbocycles. The Morgan fingerprint density at radius 2 is 2.00 bits per heavy atom. The van der Waals surface area contributed by atoms with Gasteiger partial charge in [-0.15, -0.1) is 0 Å². The number of amides is 1. The van der Waals surface area contributed by atoms with E-state index in [-0.39, 0.29) is 0 Å². The number of hydrogen-bond donors (Lipinski definition) is 1. The van der Waals surface area contributed by atoms with Crippen LogP contribution in [0, 0.1) is 0 Å². The Kier molecular flexibility index (Phi) is 5.30. The molecule has 1 heterocycles. The van der Waals surface area contributed by atoms with Gasteiger partial charge in [0, 0.05) is 20.0 Å². The van der Waals surface area contributed by atoms with E-state index in [0.29, 0.717) is 31.4 Å². The topological polar surface area (TPSA) is 67.9 Å². The van der Waals surface area contributed by atoms with E-state index in [9.17, 15) is 9.59 Å². The normalized spacial score (nSPS) is 17.2. The first-order chi connectivity index (χ1) is 8.00. The fourth-order valence-electron chi connectivity index (χ4n) is 1.35. The second kappa shape index (κ2) is 6.51. The van der Waals surface area contributed by atoms with Gasteiger partial charge in [0.1, 0.15) is 0 Å². The van der Waals surface area contributed by atoms with Crippen LogP contribution in [0.2, 0.25) is 0 Å². The summed E-state index contributed by atoms with van der Waals surface area (Å²) in [5.41, 5.74) is 0. The van der Waals surface area contributed by atoms with Crippen LogP contribution in [-0.4, -0.2) is 54.3 Å². The van der Waals surface area contributed by atoms with Crippen molar-refractivity contribution in [1.29, 1.82) is 0 Å². The molecule has 1 atom stereocenters. The molecule has 1 fully saturated rings. The van der Waals surface area contributed by atoms with Crippen molar-refractivity contribution in [2.24, 2.45) is 0 Å². The van der Waals surface area contributed by atoms with Crippen LogP contribution >= 0.6 is 12.2 Å². The molecular weight excluding hydrogens is 244 g/mol. The fraction of sp³-hybridized carbons (Fsp3) is 0.700. The van der Waals surface area contributed by atoms with Gasteiger partial charge in [-0.1, -0.05) is 0 Å². The zero-order valence-corrected chi connectivity index (χ0v) is 10.7. The number of carbonyl (C=O) groups excluding carboxylic acids is 2. The largest absolute Gasteiger partial charge is 0.453 e. The van der Waals surface area contributed by atoms with Gasteiger partial charge in [-0.25, -0.2) is 0 Å². The molecule has 1 amide bonds. The summed E-state index contributed by atoms with van der Waals surface area (Å²) in [5, 5.41) is 2.89. The molecule has 0 spiro atoms. The van der Waals surface area contributed by atoms with Crippen LogP contribution in [0.4, 0.5) is 0 Å². The Morgan fingerprint density at radius 3 is 2.53 bits per heavy atom. The Labute approximate surface area is 105 Å². The van der Waals surface area contributed by atoms with Crippen molar-refractivity contribution in [3.63, 3.8) is 0 Å². The van der Waals surface area contributed by atoms with E-state index in [1.54, 1.807) is 0 Å². The van der Waals surface area contributed by atoms with Gasteiger partial charge in [-0.2, -0.15) is 0 Å². The molecule has 1 N–H and O–H groups in total. The van der Waals surface area contributed by atoms with Crippen molar-refractivity contribution in [2.75, 3.05) is 26.3 Å². The predicted molar refractivity (Wildman–Crippen MR) is 64.4 cm³/mol. The van der Waals surface area contributed by atoms with Crippen LogP contribution in [0.3, 0.4) is 0 Å². The second-order valence-corrected chi connectivity index (χ2v) is 4.03. The Balaban J connectivity index is 2.39. The lowest BCUT2D eigenvalue weighted by molar-refractivity contribution is -0.152. The van der Waals surface area contributed by atoms with E-state index in [1.165, 1.54) is 13.8 Å². The molecule has 96 valence electrons. The lowest BCUT2D eigenvalue weighted by atomic mass is 10.4. The van der Waals surface area contributed by atoms with Crippen molar-refractivity contribution >= 4 is 29.2 Å². The molecule has 0 aromatic rings. The fourth-order valence-corrected chi connectivity index (χ4v) is 1.64. The molecule has 0 aliphatic carbocycles. The van der Waals surface area contributed by atoms with Gasteiger partial charge in [-0.3, -0.25) is 14.9 Å². The molecule has 1 aliphatic rings. The smallest absolute Gasteiger partial charge is 0.303 e. The van der Waals surface area contributed by atoms with E-state index in [0.717, 1.165) is 0 Å². The van der Waals surface area contributed by atoms with Crippen LogP contribution in [-0.2, 0) is 19.1 Å². The van der Waals surface area contributed by atoms with E-state index in [2.05, 4.69) is 5.32 Å². The van der Waals surface area contributed by atoms with Crippen LogP contribution in [0.25, 0.3) is 0 Å². The summed E-state index contributed by atoms with van der Waals surface area (Å²) in [4.78, 5) is 24.1. The summed E-state index contributed by atoms with van der Waals surface area (Å²) in [6.45, 7) is 5.25. The minimum Gasteiger partial charge on any atom is -0.453 e. The highest BCUT2D eigenvalue weighted by Gasteiger charge is 2.20. The number of rotatable bonds is 2. The molecule has 0 aromatic carbocycles. The van der Waals surface area contributed by atoms with Crippen molar-refractivity contribution in [3.8, 4) is 0 Å². The highest BCUT2D eigenvalue weighted by atomic mass is 32.1. The number of nitrogens with one attached hydrogen (secondary N) is 1. The number of nitrogens with zero attached hydrogens (tertiary/aromatic N) is 1. The van der Waals surface area contributed by atoms with Crippen molar-refractivity contribution in [3.05, 3.63) is 0 Å². The zero-order chi connectivity index (χ0) is 12.8. The molecule has 7 heteroatoms. The summed E-state index contributed by atoms with van der Waals surface area (Å²) in [7, 11) is 0. The standard InChI is InChI=1S/C10H16N2O4S/c1-7(16-8(2)13)9(14)11-10(17)12-3-5-15-6-4-12/h7H,3-6H2,1-2H3,(H,11,14,17)/t7-/m1/s1. The van der Waals surface area contributed by atoms with Crippen molar-refractivity contribution < 1.29 is 19.1 Å². The van der Waals surface area contributed by atoms with E-state index < -0.39 is 18.0 Å². The highest BCUT2D eigenvalue weighted by Crippen LogP contribution is 1.99. The first-order valence-corrected chi connectivity index (χ1v) is 5.76. The first kappa shape index (κ1) is 13.9. The summed E-state index contributed by atoms with van der Waals surface area (Å²) < 4.78 is 9.92. The summed E-state index contributed by atoms with van der Waals surface area (Å²) in [6.07, 6.45) is -0.841. The first-order valence-electron chi connectivity index (χ1n) is 5.35. The monoisotopic (exact) mass is 260 g/mol. The average Bonchev–Trinajstić information content (AvgIpc) is 2.29. The maximum absolute atomic E-state index is 11.6. The maximum atomic E-state index is 11.6. The second-order valence-electron chi connectivity index (χ2n) is 3.65. The van der Waals surface area contributed by atoms with E-state index in [1.807, 2.05) is 4.90 Å². The third-order valence-corrected chi connectivity index (χ3v) is 2.60. The number of hydrogen-bond acceptors (Lipinski definition) is 5. The lowest BCUT2D eigenvalue weighted by Crippen LogP contribution is -2.50. The van der Waals surface area contributed by atoms with E-state index >= 15 is 0 Å². The van der Waals surface area contributed by atoms with Crippen LogP contribution < -0.4 is 5.32 Å². The molecule has 0 bridgehead atoms. The van der Waals surface area contributed by atoms with Crippen LogP contribution in [0.15, 0.2) is 0 Å². The maximum Gasteiger partial charge on any atom is 0.303 e. The van der Waals surface area contributed by atoms with Crippen molar-refractivity contribution in [1.82, 2.24) is 10.2 Å². The average molecular weight is 260 g/mol. The Bertz CT molecular complexity index is 315. The molecule has 17 heavy (non-hydrogen) atoms. The number of esters is 1. The Hall–Kier alpha value is -1.21. The molecule has 1 rings (SSSR count). The van der Waals surface area contributed by atoms with Gasteiger partial charge in [0.2, 0.25) is 0 Å². The van der Waals surface area contributed by atoms with Crippen molar-refractivity contribution in [2.45, 2.75) is 20.0 Å². The lowest BCUT2D eigenvalue weighted by Gasteiger charge is -2.29. The van der Waals surface area contributed by atoms with Gasteiger partial charge in [0.15, 0.2) is 11.2 Å². The minimum atomic E-state index is -0.841. The molecule has 0 aromatic heterocycles. The molecular formula is C10H16N2O4S. The quantitative estimate of drug-likeness (QED) is 0.542. The SMILES string of the molecule is CC(=O)O[C@H](C)C(=O)NC(=S)N1CCOCC1. The van der Waals surface area contributed by atoms with Crippen LogP contribution in [0.5, 0.6) is 0 Å². The van der Waals surface area contributed by atoms with Gasteiger partial charge < -0.3 is 14.4 Å². The molecule has 6 nitrogen and oxygen atoms in total. The summed E-state index contributed by atoms with van der Waals surface area (Å²) in [6, 6.07) is 0. The number of thiocarbonyl (C=S) groups is 1.